The molecule has 0 atom stereocenters. The van der Waals surface area contributed by atoms with Crippen LogP contribution in [0.15, 0.2) is 24.3 Å². The molecule has 0 fully saturated rings. The predicted octanol–water partition coefficient (Wildman–Crippen LogP) is 3.03. The van der Waals surface area contributed by atoms with Crippen molar-refractivity contribution in [3.05, 3.63) is 34.9 Å². The van der Waals surface area contributed by atoms with Crippen molar-refractivity contribution in [2.45, 2.75) is 32.9 Å². The molecule has 17 heavy (non-hydrogen) atoms. The summed E-state index contributed by atoms with van der Waals surface area (Å²) in [7, 11) is 0. The second-order valence-electron chi connectivity index (χ2n) is 4.34. The lowest BCUT2D eigenvalue weighted by atomic mass is 10.2. The van der Waals surface area contributed by atoms with Gasteiger partial charge in [-0.2, -0.15) is 0 Å². The fourth-order valence-electron chi connectivity index (χ4n) is 1.63. The Morgan fingerprint density at radius 2 is 2.18 bits per heavy atom. The number of halogens is 1. The lowest BCUT2D eigenvalue weighted by molar-refractivity contribution is -0.137. The van der Waals surface area contributed by atoms with Crippen LogP contribution in [0, 0.1) is 0 Å². The molecule has 0 aromatic heterocycles. The highest BCUT2D eigenvalue weighted by Crippen LogP contribution is 2.14. The van der Waals surface area contributed by atoms with Gasteiger partial charge in [-0.3, -0.25) is 9.69 Å². The van der Waals surface area contributed by atoms with E-state index in [1.165, 1.54) is 0 Å². The third-order valence-electron chi connectivity index (χ3n) is 2.62. The first-order chi connectivity index (χ1) is 7.99. The SMILES string of the molecule is CC(C)N(CCC(=O)O)Cc1cccc(Cl)c1. The van der Waals surface area contributed by atoms with Crippen LogP contribution in [-0.4, -0.2) is 28.6 Å². The number of hydrogen-bond acceptors (Lipinski definition) is 2. The molecule has 3 nitrogen and oxygen atoms in total. The molecule has 1 aromatic carbocycles. The van der Waals surface area contributed by atoms with Gasteiger partial charge >= 0.3 is 5.97 Å². The minimum absolute atomic E-state index is 0.165. The van der Waals surface area contributed by atoms with Crippen molar-refractivity contribution in [3.63, 3.8) is 0 Å². The van der Waals surface area contributed by atoms with Crippen molar-refractivity contribution in [2.75, 3.05) is 6.54 Å². The second kappa shape index (κ2) is 6.62. The van der Waals surface area contributed by atoms with Crippen LogP contribution >= 0.6 is 11.6 Å². The largest absolute Gasteiger partial charge is 0.481 e. The number of carbonyl (C=O) groups is 1. The first-order valence-corrected chi connectivity index (χ1v) is 6.07. The van der Waals surface area contributed by atoms with Crippen molar-refractivity contribution in [1.82, 2.24) is 4.90 Å². The second-order valence-corrected chi connectivity index (χ2v) is 4.77. The first kappa shape index (κ1) is 14.0. The molecule has 0 unspecified atom stereocenters. The van der Waals surface area contributed by atoms with Gasteiger partial charge in [0.2, 0.25) is 0 Å². The van der Waals surface area contributed by atoms with E-state index in [1.54, 1.807) is 0 Å². The number of carboxylic acid groups (broad SMARTS) is 1. The van der Waals surface area contributed by atoms with E-state index in [1.807, 2.05) is 24.3 Å². The van der Waals surface area contributed by atoms with Gasteiger partial charge in [0, 0.05) is 24.2 Å². The van der Waals surface area contributed by atoms with Gasteiger partial charge in [-0.05, 0) is 31.5 Å². The maximum absolute atomic E-state index is 10.6. The Morgan fingerprint density at radius 3 is 2.71 bits per heavy atom. The maximum atomic E-state index is 10.6. The summed E-state index contributed by atoms with van der Waals surface area (Å²) in [4.78, 5) is 12.7. The summed E-state index contributed by atoms with van der Waals surface area (Å²) in [5.41, 5.74) is 1.11. The van der Waals surface area contributed by atoms with E-state index in [0.29, 0.717) is 17.6 Å². The zero-order valence-electron chi connectivity index (χ0n) is 10.2. The van der Waals surface area contributed by atoms with E-state index in [9.17, 15) is 4.79 Å². The molecule has 0 saturated heterocycles. The van der Waals surface area contributed by atoms with E-state index >= 15 is 0 Å². The monoisotopic (exact) mass is 255 g/mol. The van der Waals surface area contributed by atoms with Crippen LogP contribution in [0.5, 0.6) is 0 Å². The predicted molar refractivity (Wildman–Crippen MR) is 69.3 cm³/mol. The summed E-state index contributed by atoms with van der Waals surface area (Å²) in [6.45, 7) is 5.41. The number of benzene rings is 1. The van der Waals surface area contributed by atoms with Crippen LogP contribution in [0.25, 0.3) is 0 Å². The number of nitrogens with zero attached hydrogens (tertiary/aromatic N) is 1. The lowest BCUT2D eigenvalue weighted by Crippen LogP contribution is -2.32. The summed E-state index contributed by atoms with van der Waals surface area (Å²) >= 11 is 5.92. The minimum Gasteiger partial charge on any atom is -0.481 e. The molecule has 0 amide bonds. The Labute approximate surface area is 107 Å². The highest BCUT2D eigenvalue weighted by Gasteiger charge is 2.11. The number of carboxylic acids is 1. The van der Waals surface area contributed by atoms with Crippen molar-refractivity contribution in [1.29, 1.82) is 0 Å². The number of hydrogen-bond donors (Lipinski definition) is 1. The maximum Gasteiger partial charge on any atom is 0.304 e. The molecule has 1 aromatic rings. The van der Waals surface area contributed by atoms with Crippen LogP contribution in [-0.2, 0) is 11.3 Å². The fourth-order valence-corrected chi connectivity index (χ4v) is 1.84. The van der Waals surface area contributed by atoms with Gasteiger partial charge in [-0.15, -0.1) is 0 Å². The summed E-state index contributed by atoms with van der Waals surface area (Å²) in [5, 5.41) is 9.42. The molecular weight excluding hydrogens is 238 g/mol. The fraction of sp³-hybridized carbons (Fsp3) is 0.462. The summed E-state index contributed by atoms with van der Waals surface area (Å²) in [5.74, 6) is -0.762. The molecule has 0 saturated carbocycles. The van der Waals surface area contributed by atoms with Gasteiger partial charge in [-0.1, -0.05) is 23.7 Å². The van der Waals surface area contributed by atoms with E-state index in [4.69, 9.17) is 16.7 Å². The average molecular weight is 256 g/mol. The Kier molecular flexibility index (Phi) is 5.45. The van der Waals surface area contributed by atoms with Crippen molar-refractivity contribution in [2.24, 2.45) is 0 Å². The molecular formula is C13H18ClNO2. The third kappa shape index (κ3) is 5.20. The van der Waals surface area contributed by atoms with Crippen LogP contribution in [0.3, 0.4) is 0 Å². The van der Waals surface area contributed by atoms with Gasteiger partial charge in [0.1, 0.15) is 0 Å². The minimum atomic E-state index is -0.762. The molecule has 0 aliphatic heterocycles. The third-order valence-corrected chi connectivity index (χ3v) is 2.85. The molecule has 0 spiro atoms. The van der Waals surface area contributed by atoms with Gasteiger partial charge in [0.15, 0.2) is 0 Å². The number of rotatable bonds is 6. The topological polar surface area (TPSA) is 40.5 Å². The van der Waals surface area contributed by atoms with Crippen molar-refractivity contribution in [3.8, 4) is 0 Å². The Morgan fingerprint density at radius 1 is 1.47 bits per heavy atom. The van der Waals surface area contributed by atoms with Gasteiger partial charge in [0.25, 0.3) is 0 Å². The summed E-state index contributed by atoms with van der Waals surface area (Å²) in [6.07, 6.45) is 0.165. The Balaban J connectivity index is 2.63. The molecule has 4 heteroatoms. The highest BCUT2D eigenvalue weighted by atomic mass is 35.5. The van der Waals surface area contributed by atoms with Crippen LogP contribution in [0.2, 0.25) is 5.02 Å². The van der Waals surface area contributed by atoms with Crippen LogP contribution < -0.4 is 0 Å². The van der Waals surface area contributed by atoms with Gasteiger partial charge < -0.3 is 5.11 Å². The molecule has 94 valence electrons. The molecule has 0 radical (unpaired) electrons. The zero-order valence-corrected chi connectivity index (χ0v) is 10.9. The Hall–Kier alpha value is -1.06. The average Bonchev–Trinajstić information content (AvgIpc) is 2.23. The van der Waals surface area contributed by atoms with Crippen molar-refractivity contribution >= 4 is 17.6 Å². The normalized spacial score (nSPS) is 11.1. The molecule has 1 rings (SSSR count). The van der Waals surface area contributed by atoms with E-state index < -0.39 is 5.97 Å². The molecule has 0 heterocycles. The number of aliphatic carboxylic acids is 1. The van der Waals surface area contributed by atoms with Crippen LogP contribution in [0.1, 0.15) is 25.8 Å². The quantitative estimate of drug-likeness (QED) is 0.850. The molecule has 0 aliphatic carbocycles. The lowest BCUT2D eigenvalue weighted by Gasteiger charge is -2.25. The van der Waals surface area contributed by atoms with Gasteiger partial charge in [0.05, 0.1) is 6.42 Å². The summed E-state index contributed by atoms with van der Waals surface area (Å²) < 4.78 is 0. The van der Waals surface area contributed by atoms with E-state index in [0.717, 1.165) is 12.1 Å². The van der Waals surface area contributed by atoms with Crippen molar-refractivity contribution < 1.29 is 9.90 Å². The smallest absolute Gasteiger partial charge is 0.304 e. The standard InChI is InChI=1S/C13H18ClNO2/c1-10(2)15(7-6-13(16)17)9-11-4-3-5-12(14)8-11/h3-5,8,10H,6-7,9H2,1-2H3,(H,16,17). The van der Waals surface area contributed by atoms with E-state index in [2.05, 4.69) is 18.7 Å². The molecule has 0 aliphatic rings. The highest BCUT2D eigenvalue weighted by molar-refractivity contribution is 6.30. The molecule has 1 N–H and O–H groups in total. The molecule has 0 bridgehead atoms. The zero-order chi connectivity index (χ0) is 12.8. The first-order valence-electron chi connectivity index (χ1n) is 5.69. The van der Waals surface area contributed by atoms with Crippen LogP contribution in [0.4, 0.5) is 0 Å². The Bertz CT molecular complexity index is 379. The summed E-state index contributed by atoms with van der Waals surface area (Å²) in [6, 6.07) is 7.98. The van der Waals surface area contributed by atoms with E-state index in [-0.39, 0.29) is 6.42 Å². The van der Waals surface area contributed by atoms with Gasteiger partial charge in [-0.25, -0.2) is 0 Å².